The maximum atomic E-state index is 5.10. The molecule has 0 radical (unpaired) electrons. The Labute approximate surface area is 87.9 Å². The van der Waals surface area contributed by atoms with Gasteiger partial charge in [-0.1, -0.05) is 10.8 Å². The molecule has 0 amide bonds. The van der Waals surface area contributed by atoms with Crippen molar-refractivity contribution in [1.82, 2.24) is 4.98 Å². The summed E-state index contributed by atoms with van der Waals surface area (Å²) in [5.74, 6) is 0.785. The van der Waals surface area contributed by atoms with Crippen molar-refractivity contribution in [3.8, 4) is 5.75 Å². The fourth-order valence-electron chi connectivity index (χ4n) is 0.912. The van der Waals surface area contributed by atoms with Crippen molar-refractivity contribution in [1.29, 1.82) is 0 Å². The van der Waals surface area contributed by atoms with E-state index in [1.165, 1.54) is 10.8 Å². The fourth-order valence-corrected chi connectivity index (χ4v) is 1.45. The van der Waals surface area contributed by atoms with Crippen molar-refractivity contribution >= 4 is 22.5 Å². The Balaban J connectivity index is 3.01. The van der Waals surface area contributed by atoms with Gasteiger partial charge < -0.3 is 4.74 Å². The highest BCUT2D eigenvalue weighted by Gasteiger charge is 2.20. The SMILES string of the molecule is COc1cncc(C(C)(C)SS)c1. The van der Waals surface area contributed by atoms with Crippen LogP contribution >= 0.6 is 22.5 Å². The topological polar surface area (TPSA) is 22.1 Å². The van der Waals surface area contributed by atoms with Gasteiger partial charge in [0.2, 0.25) is 0 Å². The van der Waals surface area contributed by atoms with E-state index in [-0.39, 0.29) is 4.75 Å². The monoisotopic (exact) mass is 215 g/mol. The zero-order chi connectivity index (χ0) is 9.90. The molecule has 1 aromatic heterocycles. The number of pyridine rings is 1. The summed E-state index contributed by atoms with van der Waals surface area (Å²) in [6, 6.07) is 1.98. The number of hydrogen-bond acceptors (Lipinski definition) is 4. The van der Waals surface area contributed by atoms with Gasteiger partial charge in [-0.2, -0.15) is 0 Å². The van der Waals surface area contributed by atoms with Crippen molar-refractivity contribution in [3.05, 3.63) is 24.0 Å². The lowest BCUT2D eigenvalue weighted by Gasteiger charge is -2.21. The van der Waals surface area contributed by atoms with E-state index < -0.39 is 0 Å². The highest BCUT2D eigenvalue weighted by molar-refractivity contribution is 8.68. The molecular formula is C9H13NOS2. The van der Waals surface area contributed by atoms with E-state index in [2.05, 4.69) is 30.5 Å². The van der Waals surface area contributed by atoms with Gasteiger partial charge in [0.15, 0.2) is 0 Å². The predicted octanol–water partition coefficient (Wildman–Crippen LogP) is 2.90. The van der Waals surface area contributed by atoms with Gasteiger partial charge in [-0.15, -0.1) is 11.7 Å². The van der Waals surface area contributed by atoms with Crippen LogP contribution in [0.4, 0.5) is 0 Å². The molecule has 0 aliphatic carbocycles. The second-order valence-electron chi connectivity index (χ2n) is 3.22. The van der Waals surface area contributed by atoms with E-state index in [9.17, 15) is 0 Å². The zero-order valence-electron chi connectivity index (χ0n) is 7.94. The number of aromatic nitrogens is 1. The lowest BCUT2D eigenvalue weighted by molar-refractivity contribution is 0.411. The van der Waals surface area contributed by atoms with Crippen molar-refractivity contribution in [2.24, 2.45) is 0 Å². The third-order valence-corrected chi connectivity index (χ3v) is 3.93. The number of hydrogen-bond donors (Lipinski definition) is 1. The minimum Gasteiger partial charge on any atom is -0.495 e. The maximum absolute atomic E-state index is 5.10. The van der Waals surface area contributed by atoms with E-state index in [1.807, 2.05) is 12.3 Å². The molecule has 0 aliphatic rings. The third-order valence-electron chi connectivity index (χ3n) is 1.87. The largest absolute Gasteiger partial charge is 0.495 e. The van der Waals surface area contributed by atoms with Crippen LogP contribution in [0.1, 0.15) is 19.4 Å². The molecule has 0 spiro atoms. The van der Waals surface area contributed by atoms with Crippen LogP contribution in [0.5, 0.6) is 5.75 Å². The Kier molecular flexibility index (Phi) is 3.50. The van der Waals surface area contributed by atoms with Crippen LogP contribution in [-0.2, 0) is 4.75 Å². The molecule has 1 aromatic rings. The first-order valence-corrected chi connectivity index (χ1v) is 5.79. The first kappa shape index (κ1) is 10.7. The van der Waals surface area contributed by atoms with Crippen LogP contribution in [0.15, 0.2) is 18.5 Å². The molecule has 0 atom stereocenters. The first-order chi connectivity index (χ1) is 6.10. The molecule has 1 heterocycles. The van der Waals surface area contributed by atoms with Gasteiger partial charge in [0.05, 0.1) is 13.3 Å². The number of rotatable bonds is 3. The molecule has 0 saturated heterocycles. The Morgan fingerprint density at radius 1 is 1.46 bits per heavy atom. The van der Waals surface area contributed by atoms with Crippen LogP contribution in [-0.4, -0.2) is 12.1 Å². The van der Waals surface area contributed by atoms with E-state index in [0.29, 0.717) is 0 Å². The Morgan fingerprint density at radius 2 is 2.15 bits per heavy atom. The molecule has 0 aliphatic heterocycles. The highest BCUT2D eigenvalue weighted by atomic mass is 33.1. The fraction of sp³-hybridized carbons (Fsp3) is 0.444. The average molecular weight is 215 g/mol. The van der Waals surface area contributed by atoms with Crippen molar-refractivity contribution in [2.45, 2.75) is 18.6 Å². The molecule has 1 rings (SSSR count). The molecule has 72 valence electrons. The van der Waals surface area contributed by atoms with E-state index in [0.717, 1.165) is 11.3 Å². The maximum Gasteiger partial charge on any atom is 0.137 e. The Morgan fingerprint density at radius 3 is 2.69 bits per heavy atom. The Hall–Kier alpha value is -0.350. The smallest absolute Gasteiger partial charge is 0.137 e. The van der Waals surface area contributed by atoms with Gasteiger partial charge in [-0.25, -0.2) is 0 Å². The summed E-state index contributed by atoms with van der Waals surface area (Å²) in [5.41, 5.74) is 1.12. The summed E-state index contributed by atoms with van der Waals surface area (Å²) in [5, 5.41) is 0. The normalized spacial score (nSPS) is 11.4. The summed E-state index contributed by atoms with van der Waals surface area (Å²) in [4.78, 5) is 4.10. The van der Waals surface area contributed by atoms with Crippen LogP contribution < -0.4 is 4.74 Å². The summed E-state index contributed by atoms with van der Waals surface area (Å²) in [7, 11) is 3.14. The third kappa shape index (κ3) is 2.54. The second-order valence-corrected chi connectivity index (χ2v) is 4.97. The van der Waals surface area contributed by atoms with E-state index >= 15 is 0 Å². The highest BCUT2D eigenvalue weighted by Crippen LogP contribution is 2.38. The van der Waals surface area contributed by atoms with Crippen LogP contribution in [0, 0.1) is 0 Å². The molecule has 0 bridgehead atoms. The lowest BCUT2D eigenvalue weighted by Crippen LogP contribution is -2.10. The molecule has 4 heteroatoms. The van der Waals surface area contributed by atoms with E-state index in [1.54, 1.807) is 13.3 Å². The quantitative estimate of drug-likeness (QED) is 0.619. The molecule has 0 saturated carbocycles. The minimum absolute atomic E-state index is 0.0371. The van der Waals surface area contributed by atoms with Gasteiger partial charge in [0, 0.05) is 10.9 Å². The van der Waals surface area contributed by atoms with Gasteiger partial charge in [0.25, 0.3) is 0 Å². The van der Waals surface area contributed by atoms with Crippen LogP contribution in [0.2, 0.25) is 0 Å². The zero-order valence-corrected chi connectivity index (χ0v) is 9.65. The average Bonchev–Trinajstić information content (AvgIpc) is 2.18. The van der Waals surface area contributed by atoms with Crippen molar-refractivity contribution in [2.75, 3.05) is 7.11 Å². The van der Waals surface area contributed by atoms with Crippen LogP contribution in [0.25, 0.3) is 0 Å². The molecule has 2 nitrogen and oxygen atoms in total. The molecule has 0 unspecified atom stereocenters. The summed E-state index contributed by atoms with van der Waals surface area (Å²) in [6.07, 6.45) is 3.54. The summed E-state index contributed by atoms with van der Waals surface area (Å²) < 4.78 is 5.06. The summed E-state index contributed by atoms with van der Waals surface area (Å²) in [6.45, 7) is 4.20. The molecular weight excluding hydrogens is 202 g/mol. The standard InChI is InChI=1S/C9H13NOS2/c1-9(2,13-12)7-4-8(11-3)6-10-5-7/h4-6,12H,1-3H3. The molecule has 13 heavy (non-hydrogen) atoms. The van der Waals surface area contributed by atoms with Gasteiger partial charge in [0.1, 0.15) is 5.75 Å². The number of methoxy groups -OCH3 is 1. The lowest BCUT2D eigenvalue weighted by atomic mass is 10.1. The first-order valence-electron chi connectivity index (χ1n) is 3.92. The predicted molar refractivity (Wildman–Crippen MR) is 60.4 cm³/mol. The molecule has 0 fully saturated rings. The van der Waals surface area contributed by atoms with Gasteiger partial charge >= 0.3 is 0 Å². The second kappa shape index (κ2) is 4.24. The molecule has 0 aromatic carbocycles. The number of ether oxygens (including phenoxy) is 1. The van der Waals surface area contributed by atoms with Gasteiger partial charge in [-0.3, -0.25) is 4.98 Å². The van der Waals surface area contributed by atoms with Crippen LogP contribution in [0.3, 0.4) is 0 Å². The Bertz CT molecular complexity index is 289. The molecule has 0 N–H and O–H groups in total. The number of thiol groups is 1. The van der Waals surface area contributed by atoms with Gasteiger partial charge in [-0.05, 0) is 25.5 Å². The van der Waals surface area contributed by atoms with E-state index in [4.69, 9.17) is 4.74 Å². The van der Waals surface area contributed by atoms with Crippen molar-refractivity contribution < 1.29 is 4.74 Å². The summed E-state index contributed by atoms with van der Waals surface area (Å²) >= 11 is 4.22. The number of nitrogens with zero attached hydrogens (tertiary/aromatic N) is 1. The minimum atomic E-state index is -0.0371. The van der Waals surface area contributed by atoms with Crippen molar-refractivity contribution in [3.63, 3.8) is 0 Å².